The first-order chi connectivity index (χ1) is 9.38. The van der Waals surface area contributed by atoms with Crippen molar-refractivity contribution < 1.29 is 4.74 Å². The van der Waals surface area contributed by atoms with Crippen LogP contribution in [-0.2, 0) is 11.2 Å². The van der Waals surface area contributed by atoms with E-state index >= 15 is 0 Å². The number of thioether (sulfide) groups is 1. The predicted molar refractivity (Wildman–Crippen MR) is 81.8 cm³/mol. The van der Waals surface area contributed by atoms with Crippen molar-refractivity contribution in [3.05, 3.63) is 35.4 Å². The van der Waals surface area contributed by atoms with E-state index in [0.717, 1.165) is 25.0 Å². The van der Waals surface area contributed by atoms with Crippen molar-refractivity contribution in [2.45, 2.75) is 42.7 Å². The van der Waals surface area contributed by atoms with Gasteiger partial charge in [0.1, 0.15) is 0 Å². The zero-order valence-corrected chi connectivity index (χ0v) is 12.4. The van der Waals surface area contributed by atoms with E-state index in [1.807, 2.05) is 0 Å². The summed E-state index contributed by atoms with van der Waals surface area (Å²) in [6, 6.07) is 9.47. The number of fused-ring (bicyclic) bond motifs is 1. The Morgan fingerprint density at radius 1 is 1.26 bits per heavy atom. The predicted octanol–water partition coefficient (Wildman–Crippen LogP) is 3.17. The van der Waals surface area contributed by atoms with Gasteiger partial charge in [-0.2, -0.15) is 11.8 Å². The fraction of sp³-hybridized carbons (Fsp3) is 0.625. The second-order valence-electron chi connectivity index (χ2n) is 5.42. The van der Waals surface area contributed by atoms with Gasteiger partial charge in [-0.1, -0.05) is 31.2 Å². The molecule has 2 unspecified atom stereocenters. The molecule has 0 amide bonds. The minimum Gasteiger partial charge on any atom is -0.381 e. The van der Waals surface area contributed by atoms with E-state index in [0.29, 0.717) is 11.3 Å². The molecule has 3 heteroatoms. The van der Waals surface area contributed by atoms with Crippen molar-refractivity contribution in [1.82, 2.24) is 5.32 Å². The zero-order valence-electron chi connectivity index (χ0n) is 11.6. The molecule has 1 N–H and O–H groups in total. The molecule has 0 radical (unpaired) electrons. The summed E-state index contributed by atoms with van der Waals surface area (Å²) < 4.78 is 5.47. The lowest BCUT2D eigenvalue weighted by Gasteiger charge is -2.28. The molecule has 1 saturated heterocycles. The highest BCUT2D eigenvalue weighted by Crippen LogP contribution is 2.41. The second-order valence-corrected chi connectivity index (χ2v) is 6.97. The topological polar surface area (TPSA) is 21.3 Å². The van der Waals surface area contributed by atoms with Gasteiger partial charge in [0.2, 0.25) is 0 Å². The van der Waals surface area contributed by atoms with Crippen molar-refractivity contribution in [2.24, 2.45) is 0 Å². The minimum atomic E-state index is 0.536. The molecule has 1 aliphatic carbocycles. The third-order valence-corrected chi connectivity index (χ3v) is 5.79. The molecule has 0 aromatic heterocycles. The Morgan fingerprint density at radius 2 is 2.05 bits per heavy atom. The fourth-order valence-electron chi connectivity index (χ4n) is 3.21. The smallest absolute Gasteiger partial charge is 0.0476 e. The molecule has 1 heterocycles. The Kier molecular flexibility index (Phi) is 4.46. The van der Waals surface area contributed by atoms with Gasteiger partial charge in [0.05, 0.1) is 0 Å². The van der Waals surface area contributed by atoms with E-state index in [2.05, 4.69) is 48.3 Å². The molecular formula is C16H23NOS. The fourth-order valence-corrected chi connectivity index (χ4v) is 4.84. The molecule has 19 heavy (non-hydrogen) atoms. The van der Waals surface area contributed by atoms with Crippen molar-refractivity contribution in [3.63, 3.8) is 0 Å². The lowest BCUT2D eigenvalue weighted by Crippen LogP contribution is -2.29. The first kappa shape index (κ1) is 13.5. The van der Waals surface area contributed by atoms with Crippen LogP contribution in [0.2, 0.25) is 0 Å². The van der Waals surface area contributed by atoms with Crippen LogP contribution in [0.1, 0.15) is 36.9 Å². The minimum absolute atomic E-state index is 0.536. The van der Waals surface area contributed by atoms with E-state index in [9.17, 15) is 0 Å². The quantitative estimate of drug-likeness (QED) is 0.913. The van der Waals surface area contributed by atoms with Crippen LogP contribution >= 0.6 is 11.8 Å². The van der Waals surface area contributed by atoms with Gasteiger partial charge in [0, 0.05) is 29.8 Å². The van der Waals surface area contributed by atoms with Gasteiger partial charge in [-0.15, -0.1) is 0 Å². The van der Waals surface area contributed by atoms with Crippen LogP contribution in [0.25, 0.3) is 0 Å². The number of nitrogens with one attached hydrogen (secondary N) is 1. The summed E-state index contributed by atoms with van der Waals surface area (Å²) in [6.45, 7) is 5.15. The van der Waals surface area contributed by atoms with Crippen molar-refractivity contribution in [2.75, 3.05) is 19.8 Å². The first-order valence-corrected chi connectivity index (χ1v) is 8.37. The van der Waals surface area contributed by atoms with E-state index < -0.39 is 0 Å². The molecule has 0 spiro atoms. The van der Waals surface area contributed by atoms with E-state index in [-0.39, 0.29) is 0 Å². The van der Waals surface area contributed by atoms with E-state index in [1.54, 1.807) is 0 Å². The molecule has 0 bridgehead atoms. The maximum absolute atomic E-state index is 5.47. The number of hydrogen-bond acceptors (Lipinski definition) is 3. The molecule has 2 nitrogen and oxygen atoms in total. The van der Waals surface area contributed by atoms with Crippen molar-refractivity contribution in [3.8, 4) is 0 Å². The molecule has 0 saturated carbocycles. The summed E-state index contributed by atoms with van der Waals surface area (Å²) in [5.41, 5.74) is 3.06. The average molecular weight is 277 g/mol. The number of ether oxygens (including phenoxy) is 1. The number of benzene rings is 1. The Balaban J connectivity index is 1.71. The van der Waals surface area contributed by atoms with Crippen LogP contribution in [0.4, 0.5) is 0 Å². The summed E-state index contributed by atoms with van der Waals surface area (Å²) in [5.74, 6) is 0. The molecule has 104 valence electrons. The lowest BCUT2D eigenvalue weighted by molar-refractivity contribution is 0.0999. The van der Waals surface area contributed by atoms with Crippen molar-refractivity contribution in [1.29, 1.82) is 0 Å². The lowest BCUT2D eigenvalue weighted by atomic mass is 10.1. The van der Waals surface area contributed by atoms with Gasteiger partial charge < -0.3 is 10.1 Å². The highest BCUT2D eigenvalue weighted by Gasteiger charge is 2.33. The Bertz CT molecular complexity index is 417. The molecule has 2 aliphatic rings. The van der Waals surface area contributed by atoms with Crippen LogP contribution in [0.5, 0.6) is 0 Å². The maximum Gasteiger partial charge on any atom is 0.0476 e. The normalized spacial score (nSPS) is 27.4. The monoisotopic (exact) mass is 277 g/mol. The average Bonchev–Trinajstić information content (AvgIpc) is 2.79. The van der Waals surface area contributed by atoms with Crippen LogP contribution in [0.3, 0.4) is 0 Å². The van der Waals surface area contributed by atoms with Gasteiger partial charge in [-0.05, 0) is 36.9 Å². The Hall–Kier alpha value is -0.510. The SMILES string of the molecule is CCNC1c2ccccc2CC1SC1CCOCC1. The summed E-state index contributed by atoms with van der Waals surface area (Å²) in [5, 5.41) is 5.17. The standard InChI is InChI=1S/C16H23NOS/c1-2-17-16-14-6-4-3-5-12(14)11-15(16)19-13-7-9-18-10-8-13/h3-6,13,15-17H,2,7-11H2,1H3. The van der Waals surface area contributed by atoms with Crippen LogP contribution in [-0.4, -0.2) is 30.3 Å². The summed E-state index contributed by atoms with van der Waals surface area (Å²) >= 11 is 2.19. The van der Waals surface area contributed by atoms with E-state index in [4.69, 9.17) is 4.74 Å². The molecule has 1 aliphatic heterocycles. The third kappa shape index (κ3) is 2.99. The third-order valence-electron chi connectivity index (χ3n) is 4.14. The van der Waals surface area contributed by atoms with Gasteiger partial charge in [-0.25, -0.2) is 0 Å². The molecule has 3 rings (SSSR count). The van der Waals surface area contributed by atoms with Gasteiger partial charge in [0.25, 0.3) is 0 Å². The highest BCUT2D eigenvalue weighted by atomic mass is 32.2. The summed E-state index contributed by atoms with van der Waals surface area (Å²) in [6.07, 6.45) is 3.66. The molecule has 1 aromatic rings. The van der Waals surface area contributed by atoms with Gasteiger partial charge in [-0.3, -0.25) is 0 Å². The largest absolute Gasteiger partial charge is 0.381 e. The number of rotatable bonds is 4. The van der Waals surface area contributed by atoms with Gasteiger partial charge in [0.15, 0.2) is 0 Å². The number of hydrogen-bond donors (Lipinski definition) is 1. The molecular weight excluding hydrogens is 254 g/mol. The van der Waals surface area contributed by atoms with Crippen LogP contribution in [0, 0.1) is 0 Å². The summed E-state index contributed by atoms with van der Waals surface area (Å²) in [4.78, 5) is 0. The maximum atomic E-state index is 5.47. The molecule has 1 fully saturated rings. The van der Waals surface area contributed by atoms with Crippen LogP contribution in [0.15, 0.2) is 24.3 Å². The first-order valence-electron chi connectivity index (χ1n) is 7.43. The Morgan fingerprint density at radius 3 is 2.84 bits per heavy atom. The summed E-state index contributed by atoms with van der Waals surface area (Å²) in [7, 11) is 0. The van der Waals surface area contributed by atoms with Crippen molar-refractivity contribution >= 4 is 11.8 Å². The zero-order chi connectivity index (χ0) is 13.1. The highest BCUT2D eigenvalue weighted by molar-refractivity contribution is 8.00. The van der Waals surface area contributed by atoms with E-state index in [1.165, 1.54) is 30.4 Å². The second kappa shape index (κ2) is 6.29. The Labute approximate surface area is 120 Å². The van der Waals surface area contributed by atoms with Crippen LogP contribution < -0.4 is 5.32 Å². The molecule has 2 atom stereocenters. The molecule has 1 aromatic carbocycles. The van der Waals surface area contributed by atoms with Gasteiger partial charge >= 0.3 is 0 Å².